The van der Waals surface area contributed by atoms with E-state index in [0.717, 1.165) is 0 Å². The number of nitrogens with zero attached hydrogens (tertiary/aromatic N) is 2. The summed E-state index contributed by atoms with van der Waals surface area (Å²) >= 11 is 0. The molecule has 7 heteroatoms. The maximum Gasteiger partial charge on any atom is 0.410 e. The Balaban J connectivity index is 2.26. The second kappa shape index (κ2) is 6.59. The van der Waals surface area contributed by atoms with E-state index in [1.54, 1.807) is 45.2 Å². The Morgan fingerprint density at radius 3 is 2.62 bits per heavy atom. The predicted octanol–water partition coefficient (Wildman–Crippen LogP) is 1.91. The zero-order chi connectivity index (χ0) is 18.0. The number of carbonyl (C=O) groups excluding carboxylic acids is 2. The zero-order valence-electron chi connectivity index (χ0n) is 14.1. The van der Waals surface area contributed by atoms with Crippen LogP contribution < -0.4 is 0 Å². The Morgan fingerprint density at radius 2 is 2.08 bits per heavy atom. The molecule has 0 spiro atoms. The molecule has 1 amide bonds. The molecule has 0 radical (unpaired) electrons. The van der Waals surface area contributed by atoms with Crippen molar-refractivity contribution in [2.75, 3.05) is 13.1 Å². The highest BCUT2D eigenvalue weighted by Crippen LogP contribution is 2.31. The van der Waals surface area contributed by atoms with Gasteiger partial charge in [0.15, 0.2) is 5.78 Å². The van der Waals surface area contributed by atoms with Gasteiger partial charge in [-0.05, 0) is 32.9 Å². The third-order valence-electron chi connectivity index (χ3n) is 3.87. The number of Topliss-reactive ketones (excluding diaryl/α,β-unsaturated/α-hetero) is 1. The summed E-state index contributed by atoms with van der Waals surface area (Å²) in [6, 6.07) is 5.12. The number of amides is 1. The van der Waals surface area contributed by atoms with E-state index in [-0.39, 0.29) is 31.7 Å². The first-order valence-corrected chi connectivity index (χ1v) is 7.78. The molecular weight excluding hydrogens is 312 g/mol. The minimum absolute atomic E-state index is 0.0155. The van der Waals surface area contributed by atoms with Crippen molar-refractivity contribution in [3.8, 4) is 0 Å². The number of ether oxygens (including phenoxy) is 1. The number of aromatic nitrogens is 1. The van der Waals surface area contributed by atoms with E-state index in [9.17, 15) is 19.5 Å². The molecule has 2 rings (SSSR count). The highest BCUT2D eigenvalue weighted by atomic mass is 16.6. The van der Waals surface area contributed by atoms with Gasteiger partial charge in [-0.15, -0.1) is 0 Å². The van der Waals surface area contributed by atoms with E-state index in [1.807, 2.05) is 0 Å². The molecule has 1 atom stereocenters. The summed E-state index contributed by atoms with van der Waals surface area (Å²) in [6.45, 7) is 5.15. The average molecular weight is 334 g/mol. The third-order valence-corrected chi connectivity index (χ3v) is 3.87. The van der Waals surface area contributed by atoms with Gasteiger partial charge in [0.05, 0.1) is 0 Å². The molecule has 1 aromatic heterocycles. The monoisotopic (exact) mass is 334 g/mol. The number of rotatable bonds is 3. The summed E-state index contributed by atoms with van der Waals surface area (Å²) in [5, 5.41) is 9.73. The van der Waals surface area contributed by atoms with E-state index in [1.165, 1.54) is 4.90 Å². The number of piperidine rings is 1. The fourth-order valence-corrected chi connectivity index (χ4v) is 2.68. The summed E-state index contributed by atoms with van der Waals surface area (Å²) in [4.78, 5) is 42.0. The predicted molar refractivity (Wildman–Crippen MR) is 85.4 cm³/mol. The Kier molecular flexibility index (Phi) is 4.91. The Hall–Kier alpha value is -2.44. The molecule has 0 saturated carbocycles. The number of ketones is 1. The van der Waals surface area contributed by atoms with E-state index < -0.39 is 23.1 Å². The molecule has 0 aromatic carbocycles. The third kappa shape index (κ3) is 3.90. The maximum absolute atomic E-state index is 12.4. The number of carboxylic acids is 1. The van der Waals surface area contributed by atoms with Crippen molar-refractivity contribution in [3.63, 3.8) is 0 Å². The van der Waals surface area contributed by atoms with Gasteiger partial charge in [0.2, 0.25) is 0 Å². The normalized spacial score (nSPS) is 21.5. The smallest absolute Gasteiger partial charge is 0.410 e. The second-order valence-corrected chi connectivity index (χ2v) is 6.96. The van der Waals surface area contributed by atoms with Crippen molar-refractivity contribution in [3.05, 3.63) is 30.1 Å². The molecule has 7 nitrogen and oxygen atoms in total. The molecule has 0 aliphatic carbocycles. The first kappa shape index (κ1) is 17.9. The SMILES string of the molecule is CC(C)(C)OC(=O)N1CCC(=O)C(Cc2ccccn2)(C(=O)O)C1. The Morgan fingerprint density at radius 1 is 1.38 bits per heavy atom. The molecule has 2 heterocycles. The first-order chi connectivity index (χ1) is 11.1. The van der Waals surface area contributed by atoms with Gasteiger partial charge in [-0.2, -0.15) is 0 Å². The first-order valence-electron chi connectivity index (χ1n) is 7.78. The Bertz CT molecular complexity index is 638. The summed E-state index contributed by atoms with van der Waals surface area (Å²) < 4.78 is 5.30. The molecule has 1 aliphatic heterocycles. The fourth-order valence-electron chi connectivity index (χ4n) is 2.68. The van der Waals surface area contributed by atoms with Crippen LogP contribution in [0.25, 0.3) is 0 Å². The van der Waals surface area contributed by atoms with Crippen molar-refractivity contribution in [1.29, 1.82) is 0 Å². The van der Waals surface area contributed by atoms with Crippen molar-refractivity contribution in [1.82, 2.24) is 9.88 Å². The second-order valence-electron chi connectivity index (χ2n) is 6.96. The molecule has 1 unspecified atom stereocenters. The number of aliphatic carboxylic acids is 1. The largest absolute Gasteiger partial charge is 0.480 e. The summed E-state index contributed by atoms with van der Waals surface area (Å²) in [5.41, 5.74) is -1.88. The van der Waals surface area contributed by atoms with Crippen molar-refractivity contribution < 1.29 is 24.2 Å². The standard InChI is InChI=1S/C17H22N2O5/c1-16(2,3)24-15(23)19-9-7-13(20)17(11-19,14(21)22)10-12-6-4-5-8-18-12/h4-6,8H,7,9-11H2,1-3H3,(H,21,22). The van der Waals surface area contributed by atoms with Gasteiger partial charge < -0.3 is 14.7 Å². The van der Waals surface area contributed by atoms with Crippen LogP contribution >= 0.6 is 0 Å². The van der Waals surface area contributed by atoms with Crippen molar-refractivity contribution in [2.24, 2.45) is 5.41 Å². The molecule has 1 N–H and O–H groups in total. The van der Waals surface area contributed by atoms with Gasteiger partial charge in [0.1, 0.15) is 11.0 Å². The van der Waals surface area contributed by atoms with Crippen molar-refractivity contribution in [2.45, 2.75) is 39.2 Å². The van der Waals surface area contributed by atoms with Crippen LogP contribution in [0.5, 0.6) is 0 Å². The lowest BCUT2D eigenvalue weighted by Gasteiger charge is -2.38. The van der Waals surface area contributed by atoms with Crippen molar-refractivity contribution >= 4 is 17.8 Å². The summed E-state index contributed by atoms with van der Waals surface area (Å²) in [5.74, 6) is -1.63. The quantitative estimate of drug-likeness (QED) is 0.848. The average Bonchev–Trinajstić information content (AvgIpc) is 2.48. The number of hydrogen-bond donors (Lipinski definition) is 1. The highest BCUT2D eigenvalue weighted by molar-refractivity contribution is 6.04. The number of pyridine rings is 1. The minimum atomic E-state index is -1.69. The summed E-state index contributed by atoms with van der Waals surface area (Å²) in [6.07, 6.45) is 0.866. The van der Waals surface area contributed by atoms with Gasteiger partial charge in [0.25, 0.3) is 0 Å². The lowest BCUT2D eigenvalue weighted by molar-refractivity contribution is -0.158. The van der Waals surface area contributed by atoms with Gasteiger partial charge >= 0.3 is 12.1 Å². The molecule has 1 aliphatic rings. The van der Waals surface area contributed by atoms with Gasteiger partial charge in [-0.25, -0.2) is 4.79 Å². The number of hydrogen-bond acceptors (Lipinski definition) is 5. The van der Waals surface area contributed by atoms with E-state index in [0.29, 0.717) is 5.69 Å². The molecule has 1 saturated heterocycles. The highest BCUT2D eigenvalue weighted by Gasteiger charge is 2.51. The lowest BCUT2D eigenvalue weighted by atomic mass is 9.75. The number of carboxylic acid groups (broad SMARTS) is 1. The number of likely N-dealkylation sites (tertiary alicyclic amines) is 1. The van der Waals surface area contributed by atoms with Gasteiger partial charge in [-0.1, -0.05) is 6.07 Å². The van der Waals surface area contributed by atoms with Gasteiger partial charge in [-0.3, -0.25) is 14.6 Å². The molecule has 1 aromatic rings. The van der Waals surface area contributed by atoms with Crippen LogP contribution in [0.2, 0.25) is 0 Å². The fraction of sp³-hybridized carbons (Fsp3) is 0.529. The molecule has 24 heavy (non-hydrogen) atoms. The Labute approximate surface area is 140 Å². The molecule has 1 fully saturated rings. The van der Waals surface area contributed by atoms with E-state index in [4.69, 9.17) is 4.74 Å². The van der Waals surface area contributed by atoms with Crippen LogP contribution in [0.3, 0.4) is 0 Å². The minimum Gasteiger partial charge on any atom is -0.480 e. The summed E-state index contributed by atoms with van der Waals surface area (Å²) in [7, 11) is 0. The van der Waals surface area contributed by atoms with E-state index in [2.05, 4.69) is 4.98 Å². The zero-order valence-corrected chi connectivity index (χ0v) is 14.1. The van der Waals surface area contributed by atoms with Crippen LogP contribution in [0.1, 0.15) is 32.9 Å². The van der Waals surface area contributed by atoms with E-state index >= 15 is 0 Å². The number of carbonyl (C=O) groups is 3. The van der Waals surface area contributed by atoms with Crippen LogP contribution in [0, 0.1) is 5.41 Å². The van der Waals surface area contributed by atoms with Crippen LogP contribution in [0.4, 0.5) is 4.79 Å². The van der Waals surface area contributed by atoms with Gasteiger partial charge in [0, 0.05) is 37.8 Å². The van der Waals surface area contributed by atoms with Crippen LogP contribution in [-0.4, -0.2) is 51.5 Å². The molecule has 130 valence electrons. The maximum atomic E-state index is 12.4. The van der Waals surface area contributed by atoms with Crippen LogP contribution in [-0.2, 0) is 20.7 Å². The van der Waals surface area contributed by atoms with Crippen LogP contribution in [0.15, 0.2) is 24.4 Å². The molecular formula is C17H22N2O5. The lowest BCUT2D eigenvalue weighted by Crippen LogP contribution is -2.57. The molecule has 0 bridgehead atoms. The topological polar surface area (TPSA) is 96.8 Å².